The monoisotopic (exact) mass is 333 g/mol. The van der Waals surface area contributed by atoms with Gasteiger partial charge in [-0.25, -0.2) is 0 Å². The van der Waals surface area contributed by atoms with Crippen molar-refractivity contribution in [3.63, 3.8) is 0 Å². The van der Waals surface area contributed by atoms with Crippen LogP contribution in [0.3, 0.4) is 0 Å². The fourth-order valence-electron chi connectivity index (χ4n) is 2.75. The van der Waals surface area contributed by atoms with Crippen LogP contribution in [0.5, 0.6) is 0 Å². The number of piperidine rings is 1. The molecule has 1 aromatic carbocycles. The number of thiocarbonyl (C=S) groups is 1. The minimum atomic E-state index is 0.0276. The molecule has 0 aliphatic carbocycles. The molecule has 23 heavy (non-hydrogen) atoms. The maximum absolute atomic E-state index is 12.3. The van der Waals surface area contributed by atoms with Gasteiger partial charge in [0.2, 0.25) is 5.91 Å². The summed E-state index contributed by atoms with van der Waals surface area (Å²) >= 11 is 5.53. The first-order valence-corrected chi connectivity index (χ1v) is 8.77. The summed E-state index contributed by atoms with van der Waals surface area (Å²) in [6.07, 6.45) is 1.93. The average molecular weight is 334 g/mol. The zero-order valence-electron chi connectivity index (χ0n) is 14.3. The Morgan fingerprint density at radius 3 is 2.91 bits per heavy atom. The molecule has 4 nitrogen and oxygen atoms in total. The summed E-state index contributed by atoms with van der Waals surface area (Å²) in [7, 11) is 0. The second-order valence-corrected chi connectivity index (χ2v) is 7.11. The highest BCUT2D eigenvalue weighted by atomic mass is 32.1. The van der Waals surface area contributed by atoms with Crippen molar-refractivity contribution in [2.75, 3.05) is 25.0 Å². The van der Waals surface area contributed by atoms with Gasteiger partial charge >= 0.3 is 0 Å². The molecule has 1 unspecified atom stereocenters. The number of nitrogens with zero attached hydrogens (tertiary/aromatic N) is 1. The molecule has 1 aromatic rings. The van der Waals surface area contributed by atoms with Crippen LogP contribution in [0.25, 0.3) is 0 Å². The van der Waals surface area contributed by atoms with Crippen LogP contribution in [0.2, 0.25) is 0 Å². The van der Waals surface area contributed by atoms with Crippen LogP contribution in [0.1, 0.15) is 32.3 Å². The Bertz CT molecular complexity index is 559. The molecule has 1 fully saturated rings. The molecule has 1 aliphatic heterocycles. The second-order valence-electron chi connectivity index (χ2n) is 6.72. The van der Waals surface area contributed by atoms with Crippen molar-refractivity contribution in [3.05, 3.63) is 29.8 Å². The molecule has 1 aliphatic rings. The lowest BCUT2D eigenvalue weighted by atomic mass is 9.97. The van der Waals surface area contributed by atoms with Gasteiger partial charge in [-0.3, -0.25) is 4.79 Å². The SMILES string of the molecule is Cc1cccc(NC(=S)N2CCCC(C(=O)NCC(C)C)C2)c1. The van der Waals surface area contributed by atoms with Crippen molar-refractivity contribution in [2.24, 2.45) is 11.8 Å². The van der Waals surface area contributed by atoms with Gasteiger partial charge in [0.15, 0.2) is 5.11 Å². The fraction of sp³-hybridized carbons (Fsp3) is 0.556. The number of aryl methyl sites for hydroxylation is 1. The Labute approximate surface area is 144 Å². The van der Waals surface area contributed by atoms with Crippen LogP contribution < -0.4 is 10.6 Å². The molecule has 0 aromatic heterocycles. The third-order valence-corrected chi connectivity index (χ3v) is 4.39. The van der Waals surface area contributed by atoms with Crippen LogP contribution in [0.15, 0.2) is 24.3 Å². The summed E-state index contributed by atoms with van der Waals surface area (Å²) in [6, 6.07) is 8.15. The van der Waals surface area contributed by atoms with Gasteiger partial charge in [0, 0.05) is 25.3 Å². The molecule has 0 radical (unpaired) electrons. The topological polar surface area (TPSA) is 44.4 Å². The highest BCUT2D eigenvalue weighted by Crippen LogP contribution is 2.18. The zero-order chi connectivity index (χ0) is 16.8. The van der Waals surface area contributed by atoms with Crippen molar-refractivity contribution in [2.45, 2.75) is 33.6 Å². The molecular weight excluding hydrogens is 306 g/mol. The Kier molecular flexibility index (Phi) is 6.39. The predicted octanol–water partition coefficient (Wildman–Crippen LogP) is 3.18. The largest absolute Gasteiger partial charge is 0.356 e. The van der Waals surface area contributed by atoms with Gasteiger partial charge in [-0.2, -0.15) is 0 Å². The van der Waals surface area contributed by atoms with Gasteiger partial charge < -0.3 is 15.5 Å². The standard InChI is InChI=1S/C18H27N3OS/c1-13(2)11-19-17(22)15-7-5-9-21(12-15)18(23)20-16-8-4-6-14(3)10-16/h4,6,8,10,13,15H,5,7,9,11-12H2,1-3H3,(H,19,22)(H,20,23). The van der Waals surface area contributed by atoms with Gasteiger partial charge in [0.05, 0.1) is 5.92 Å². The molecule has 1 amide bonds. The molecule has 1 saturated heterocycles. The van der Waals surface area contributed by atoms with Gasteiger partial charge in [-0.15, -0.1) is 0 Å². The molecular formula is C18H27N3OS. The van der Waals surface area contributed by atoms with Gasteiger partial charge in [0.25, 0.3) is 0 Å². The number of carbonyl (C=O) groups is 1. The van der Waals surface area contributed by atoms with Crippen LogP contribution in [-0.4, -0.2) is 35.6 Å². The molecule has 1 heterocycles. The summed E-state index contributed by atoms with van der Waals surface area (Å²) in [5.74, 6) is 0.657. The van der Waals surface area contributed by atoms with E-state index in [-0.39, 0.29) is 11.8 Å². The maximum Gasteiger partial charge on any atom is 0.224 e. The van der Waals surface area contributed by atoms with Crippen molar-refractivity contribution < 1.29 is 4.79 Å². The van der Waals surface area contributed by atoms with E-state index in [1.165, 1.54) is 5.56 Å². The lowest BCUT2D eigenvalue weighted by Gasteiger charge is -2.34. The highest BCUT2D eigenvalue weighted by Gasteiger charge is 2.27. The van der Waals surface area contributed by atoms with E-state index >= 15 is 0 Å². The number of hydrogen-bond donors (Lipinski definition) is 2. The summed E-state index contributed by atoms with van der Waals surface area (Å²) in [6.45, 7) is 8.61. The Balaban J connectivity index is 1.89. The minimum Gasteiger partial charge on any atom is -0.356 e. The molecule has 0 saturated carbocycles. The highest BCUT2D eigenvalue weighted by molar-refractivity contribution is 7.80. The van der Waals surface area contributed by atoms with Gasteiger partial charge in [0.1, 0.15) is 0 Å². The lowest BCUT2D eigenvalue weighted by molar-refractivity contribution is -0.126. The van der Waals surface area contributed by atoms with Crippen molar-refractivity contribution in [1.29, 1.82) is 0 Å². The molecule has 0 spiro atoms. The van der Waals surface area contributed by atoms with Crippen LogP contribution in [0, 0.1) is 18.8 Å². The molecule has 2 rings (SSSR count). The number of likely N-dealkylation sites (tertiary alicyclic amines) is 1. The fourth-order valence-corrected chi connectivity index (χ4v) is 3.03. The number of amides is 1. The molecule has 126 valence electrons. The zero-order valence-corrected chi connectivity index (χ0v) is 15.1. The number of rotatable bonds is 4. The van der Waals surface area contributed by atoms with Gasteiger partial charge in [-0.1, -0.05) is 26.0 Å². The third-order valence-electron chi connectivity index (χ3n) is 4.03. The van der Waals surface area contributed by atoms with E-state index in [0.717, 1.165) is 31.6 Å². The first-order chi connectivity index (χ1) is 11.0. The van der Waals surface area contributed by atoms with Crippen molar-refractivity contribution >= 4 is 28.9 Å². The summed E-state index contributed by atoms with van der Waals surface area (Å²) in [5.41, 5.74) is 2.20. The van der Waals surface area contributed by atoms with E-state index < -0.39 is 0 Å². The third kappa shape index (κ3) is 5.50. The van der Waals surface area contributed by atoms with E-state index in [1.807, 2.05) is 12.1 Å². The number of benzene rings is 1. The quantitative estimate of drug-likeness (QED) is 0.831. The number of carbonyl (C=O) groups excluding carboxylic acids is 1. The molecule has 0 bridgehead atoms. The van der Waals surface area contributed by atoms with Gasteiger partial charge in [-0.05, 0) is 55.6 Å². The predicted molar refractivity (Wildman–Crippen MR) is 99.5 cm³/mol. The van der Waals surface area contributed by atoms with Crippen LogP contribution in [0.4, 0.5) is 5.69 Å². The van der Waals surface area contributed by atoms with Crippen LogP contribution >= 0.6 is 12.2 Å². The Morgan fingerprint density at radius 2 is 2.22 bits per heavy atom. The Hall–Kier alpha value is -1.62. The average Bonchev–Trinajstić information content (AvgIpc) is 2.52. The second kappa shape index (κ2) is 8.29. The first-order valence-electron chi connectivity index (χ1n) is 8.36. The van der Waals surface area contributed by atoms with E-state index in [9.17, 15) is 4.79 Å². The summed E-state index contributed by atoms with van der Waals surface area (Å²) in [5, 5.41) is 7.03. The van der Waals surface area contributed by atoms with E-state index in [0.29, 0.717) is 17.6 Å². The maximum atomic E-state index is 12.3. The molecule has 1 atom stereocenters. The molecule has 2 N–H and O–H groups in total. The minimum absolute atomic E-state index is 0.0276. The van der Waals surface area contributed by atoms with E-state index in [4.69, 9.17) is 12.2 Å². The van der Waals surface area contributed by atoms with E-state index in [1.54, 1.807) is 0 Å². The smallest absolute Gasteiger partial charge is 0.224 e. The number of hydrogen-bond acceptors (Lipinski definition) is 2. The van der Waals surface area contributed by atoms with Crippen LogP contribution in [-0.2, 0) is 4.79 Å². The summed E-state index contributed by atoms with van der Waals surface area (Å²) in [4.78, 5) is 14.4. The lowest BCUT2D eigenvalue weighted by Crippen LogP contribution is -2.47. The first kappa shape index (κ1) is 17.7. The van der Waals surface area contributed by atoms with Crippen molar-refractivity contribution in [1.82, 2.24) is 10.2 Å². The Morgan fingerprint density at radius 1 is 1.43 bits per heavy atom. The summed E-state index contributed by atoms with van der Waals surface area (Å²) < 4.78 is 0. The molecule has 5 heteroatoms. The number of nitrogens with one attached hydrogen (secondary N) is 2. The normalized spacial score (nSPS) is 17.9. The van der Waals surface area contributed by atoms with E-state index in [2.05, 4.69) is 48.4 Å². The number of anilines is 1. The van der Waals surface area contributed by atoms with Crippen molar-refractivity contribution in [3.8, 4) is 0 Å².